The van der Waals surface area contributed by atoms with Crippen LogP contribution >= 0.6 is 11.6 Å². The number of rotatable bonds is 2. The number of carboxylic acid groups (broad SMARTS) is 1. The van der Waals surface area contributed by atoms with E-state index in [1.54, 1.807) is 11.5 Å². The van der Waals surface area contributed by atoms with Crippen molar-refractivity contribution in [3.63, 3.8) is 0 Å². The molecule has 1 aromatic carbocycles. The third kappa shape index (κ3) is 1.81. The van der Waals surface area contributed by atoms with Crippen molar-refractivity contribution in [3.8, 4) is 0 Å². The summed E-state index contributed by atoms with van der Waals surface area (Å²) < 4.78 is 15.5. The van der Waals surface area contributed by atoms with Crippen LogP contribution in [-0.4, -0.2) is 15.6 Å². The molecule has 1 aliphatic rings. The highest BCUT2D eigenvalue weighted by Crippen LogP contribution is 2.39. The van der Waals surface area contributed by atoms with Crippen LogP contribution in [0.3, 0.4) is 0 Å². The van der Waals surface area contributed by atoms with Crippen molar-refractivity contribution in [2.75, 3.05) is 0 Å². The van der Waals surface area contributed by atoms with Gasteiger partial charge in [-0.15, -0.1) is 0 Å². The molecular weight excluding hydrogens is 285 g/mol. The summed E-state index contributed by atoms with van der Waals surface area (Å²) in [5.74, 6) is -2.02. The van der Waals surface area contributed by atoms with Gasteiger partial charge in [0.25, 0.3) is 0 Å². The van der Waals surface area contributed by atoms with Gasteiger partial charge in [0, 0.05) is 17.6 Å². The van der Waals surface area contributed by atoms with Crippen molar-refractivity contribution in [2.45, 2.75) is 25.8 Å². The number of nitrogens with zero attached hydrogens (tertiary/aromatic N) is 1. The highest BCUT2D eigenvalue weighted by molar-refractivity contribution is 6.32. The number of hydrogen-bond acceptors (Lipinski definition) is 2. The molecule has 1 N–H and O–H groups in total. The van der Waals surface area contributed by atoms with Gasteiger partial charge in [0.1, 0.15) is 11.4 Å². The fourth-order valence-corrected chi connectivity index (χ4v) is 2.59. The second-order valence-corrected chi connectivity index (χ2v) is 5.39. The molecule has 0 bridgehead atoms. The molecule has 1 fully saturated rings. The quantitative estimate of drug-likeness (QED) is 0.926. The minimum Gasteiger partial charge on any atom is -0.477 e. The Balaban J connectivity index is 2.52. The van der Waals surface area contributed by atoms with Gasteiger partial charge in [-0.3, -0.25) is 4.79 Å². The molecule has 1 aliphatic carbocycles. The largest absolute Gasteiger partial charge is 0.477 e. The SMILES string of the molecule is Cc1c(Cl)c(F)cc2c(=O)c(C(=O)O)cn(C3CC3)c12. The second-order valence-electron chi connectivity index (χ2n) is 5.01. The lowest BCUT2D eigenvalue weighted by molar-refractivity contribution is 0.0695. The van der Waals surface area contributed by atoms with Gasteiger partial charge in [-0.1, -0.05) is 11.6 Å². The van der Waals surface area contributed by atoms with Gasteiger partial charge < -0.3 is 9.67 Å². The summed E-state index contributed by atoms with van der Waals surface area (Å²) >= 11 is 5.90. The number of aromatic carboxylic acids is 1. The maximum Gasteiger partial charge on any atom is 0.341 e. The van der Waals surface area contributed by atoms with Gasteiger partial charge in [0.05, 0.1) is 10.5 Å². The van der Waals surface area contributed by atoms with E-state index < -0.39 is 17.2 Å². The first-order chi connectivity index (χ1) is 9.41. The molecule has 0 radical (unpaired) electrons. The average molecular weight is 296 g/mol. The lowest BCUT2D eigenvalue weighted by atomic mass is 10.1. The molecular formula is C14H11ClFNO3. The smallest absolute Gasteiger partial charge is 0.341 e. The summed E-state index contributed by atoms with van der Waals surface area (Å²) in [5.41, 5.74) is -0.0369. The van der Waals surface area contributed by atoms with E-state index in [-0.39, 0.29) is 22.0 Å². The molecule has 0 amide bonds. The normalized spacial score (nSPS) is 14.8. The Morgan fingerprint density at radius 1 is 1.50 bits per heavy atom. The van der Waals surface area contributed by atoms with E-state index in [4.69, 9.17) is 16.7 Å². The molecule has 1 saturated carbocycles. The Morgan fingerprint density at radius 2 is 2.15 bits per heavy atom. The fourth-order valence-electron chi connectivity index (χ4n) is 2.45. The van der Waals surface area contributed by atoms with Crippen LogP contribution in [0.2, 0.25) is 5.02 Å². The molecule has 0 spiro atoms. The number of aromatic nitrogens is 1. The van der Waals surface area contributed by atoms with E-state index in [2.05, 4.69) is 0 Å². The number of carbonyl (C=O) groups is 1. The van der Waals surface area contributed by atoms with Crippen molar-refractivity contribution in [1.82, 2.24) is 4.57 Å². The van der Waals surface area contributed by atoms with Gasteiger partial charge >= 0.3 is 5.97 Å². The van der Waals surface area contributed by atoms with Crippen molar-refractivity contribution in [2.24, 2.45) is 0 Å². The predicted molar refractivity (Wildman–Crippen MR) is 73.1 cm³/mol. The Bertz CT molecular complexity index is 808. The molecule has 104 valence electrons. The van der Waals surface area contributed by atoms with E-state index in [1.807, 2.05) is 0 Å². The molecule has 1 aromatic heterocycles. The molecule has 3 rings (SSSR count). The molecule has 2 aromatic rings. The summed E-state index contributed by atoms with van der Waals surface area (Å²) in [6.07, 6.45) is 3.16. The van der Waals surface area contributed by atoms with E-state index in [1.165, 1.54) is 6.20 Å². The zero-order chi connectivity index (χ0) is 14.6. The lowest BCUT2D eigenvalue weighted by Gasteiger charge is -2.14. The van der Waals surface area contributed by atoms with Crippen LogP contribution in [0.5, 0.6) is 0 Å². The first-order valence-corrected chi connectivity index (χ1v) is 6.56. The summed E-state index contributed by atoms with van der Waals surface area (Å²) in [5, 5.41) is 9.14. The highest BCUT2D eigenvalue weighted by atomic mass is 35.5. The number of hydrogen-bond donors (Lipinski definition) is 1. The Kier molecular flexibility index (Phi) is 2.83. The van der Waals surface area contributed by atoms with E-state index in [0.717, 1.165) is 18.9 Å². The van der Waals surface area contributed by atoms with Crippen LogP contribution in [0.25, 0.3) is 10.9 Å². The monoisotopic (exact) mass is 295 g/mol. The Morgan fingerprint density at radius 3 is 2.70 bits per heavy atom. The second kappa shape index (κ2) is 4.31. The van der Waals surface area contributed by atoms with Crippen molar-refractivity contribution in [1.29, 1.82) is 0 Å². The zero-order valence-electron chi connectivity index (χ0n) is 10.6. The summed E-state index contributed by atoms with van der Waals surface area (Å²) in [6.45, 7) is 1.63. The van der Waals surface area contributed by atoms with Gasteiger partial charge in [0.15, 0.2) is 0 Å². The standard InChI is InChI=1S/C14H11ClFNO3/c1-6-11(15)10(16)4-8-12(6)17(7-2-3-7)5-9(13(8)18)14(19)20/h4-5,7H,2-3H2,1H3,(H,19,20). The highest BCUT2D eigenvalue weighted by Gasteiger charge is 2.28. The summed E-state index contributed by atoms with van der Waals surface area (Å²) in [4.78, 5) is 23.3. The van der Waals surface area contributed by atoms with Gasteiger partial charge in [-0.05, 0) is 31.4 Å². The van der Waals surface area contributed by atoms with Crippen molar-refractivity contribution in [3.05, 3.63) is 44.5 Å². The number of carboxylic acids is 1. The summed E-state index contributed by atoms with van der Waals surface area (Å²) in [6, 6.07) is 1.18. The number of pyridine rings is 1. The number of halogens is 2. The molecule has 0 atom stereocenters. The van der Waals surface area contributed by atoms with Crippen LogP contribution < -0.4 is 5.43 Å². The predicted octanol–water partition coefficient (Wildman–Crippen LogP) is 3.14. The lowest BCUT2D eigenvalue weighted by Crippen LogP contribution is -2.19. The topological polar surface area (TPSA) is 59.3 Å². The number of benzene rings is 1. The number of fused-ring (bicyclic) bond motifs is 1. The maximum absolute atomic E-state index is 13.7. The van der Waals surface area contributed by atoms with Gasteiger partial charge in [-0.2, -0.15) is 0 Å². The van der Waals surface area contributed by atoms with Gasteiger partial charge in [-0.25, -0.2) is 9.18 Å². The number of aryl methyl sites for hydroxylation is 1. The van der Waals surface area contributed by atoms with E-state index in [9.17, 15) is 14.0 Å². The van der Waals surface area contributed by atoms with Crippen LogP contribution in [0.1, 0.15) is 34.8 Å². The molecule has 6 heteroatoms. The first kappa shape index (κ1) is 13.1. The first-order valence-electron chi connectivity index (χ1n) is 6.18. The van der Waals surface area contributed by atoms with E-state index >= 15 is 0 Å². The maximum atomic E-state index is 13.7. The molecule has 4 nitrogen and oxygen atoms in total. The molecule has 20 heavy (non-hydrogen) atoms. The van der Waals surface area contributed by atoms with Crippen LogP contribution in [0.4, 0.5) is 4.39 Å². The fraction of sp³-hybridized carbons (Fsp3) is 0.286. The Hall–Kier alpha value is -1.88. The third-order valence-electron chi connectivity index (χ3n) is 3.61. The molecule has 0 saturated heterocycles. The molecule has 0 unspecified atom stereocenters. The molecule has 1 heterocycles. The van der Waals surface area contributed by atoms with Crippen LogP contribution in [0, 0.1) is 12.7 Å². The van der Waals surface area contributed by atoms with Crippen molar-refractivity contribution < 1.29 is 14.3 Å². The van der Waals surface area contributed by atoms with Crippen LogP contribution in [0.15, 0.2) is 17.1 Å². The third-order valence-corrected chi connectivity index (χ3v) is 4.07. The minimum absolute atomic E-state index is 0.0330. The minimum atomic E-state index is -1.31. The van der Waals surface area contributed by atoms with E-state index in [0.29, 0.717) is 11.1 Å². The molecule has 0 aliphatic heterocycles. The van der Waals surface area contributed by atoms with Gasteiger partial charge in [0.2, 0.25) is 5.43 Å². The zero-order valence-corrected chi connectivity index (χ0v) is 11.4. The Labute approximate surface area is 118 Å². The van der Waals surface area contributed by atoms with Crippen molar-refractivity contribution >= 4 is 28.5 Å². The van der Waals surface area contributed by atoms with Crippen LogP contribution in [-0.2, 0) is 0 Å². The summed E-state index contributed by atoms with van der Waals surface area (Å²) in [7, 11) is 0. The average Bonchev–Trinajstić information content (AvgIpc) is 3.21.